The molecule has 0 radical (unpaired) electrons. The molecule has 176 valence electrons. The van der Waals surface area contributed by atoms with Crippen molar-refractivity contribution in [2.75, 3.05) is 11.5 Å². The van der Waals surface area contributed by atoms with Crippen LogP contribution in [0.5, 0.6) is 5.75 Å². The molecule has 1 saturated heterocycles. The number of aryl methyl sites for hydroxylation is 2. The summed E-state index contributed by atoms with van der Waals surface area (Å²) in [5.74, 6) is 0.210. The van der Waals surface area contributed by atoms with E-state index < -0.39 is 17.7 Å². The second-order valence-corrected chi connectivity index (χ2v) is 9.22. The van der Waals surface area contributed by atoms with Crippen LogP contribution in [0.4, 0.5) is 5.69 Å². The van der Waals surface area contributed by atoms with Gasteiger partial charge in [0.25, 0.3) is 11.7 Å². The lowest BCUT2D eigenvalue weighted by atomic mass is 9.98. The van der Waals surface area contributed by atoms with Crippen molar-refractivity contribution in [1.82, 2.24) is 0 Å². The first-order valence-corrected chi connectivity index (χ1v) is 11.4. The molecular weight excluding hydrogens is 454 g/mol. The van der Waals surface area contributed by atoms with Crippen molar-refractivity contribution >= 4 is 34.7 Å². The minimum atomic E-state index is -0.940. The van der Waals surface area contributed by atoms with Gasteiger partial charge in [-0.25, -0.2) is 0 Å². The van der Waals surface area contributed by atoms with E-state index in [-0.39, 0.29) is 11.3 Å². The van der Waals surface area contributed by atoms with E-state index in [0.29, 0.717) is 46.1 Å². The summed E-state index contributed by atoms with van der Waals surface area (Å²) in [5, 5.41) is 11.7. The fraction of sp³-hybridized carbons (Fsp3) is 0.259. The van der Waals surface area contributed by atoms with E-state index in [9.17, 15) is 14.7 Å². The number of hydrogen-bond donors (Lipinski definition) is 1. The van der Waals surface area contributed by atoms with E-state index in [4.69, 9.17) is 20.8 Å². The minimum absolute atomic E-state index is 0.0467. The van der Waals surface area contributed by atoms with Crippen LogP contribution in [-0.2, 0) is 9.59 Å². The number of nitrogens with zero attached hydrogens (tertiary/aromatic N) is 1. The van der Waals surface area contributed by atoms with Gasteiger partial charge in [-0.3, -0.25) is 14.5 Å². The Bertz CT molecular complexity index is 1290. The second-order valence-electron chi connectivity index (χ2n) is 8.78. The van der Waals surface area contributed by atoms with Crippen LogP contribution >= 0.6 is 11.6 Å². The third kappa shape index (κ3) is 4.46. The van der Waals surface area contributed by atoms with Gasteiger partial charge in [-0.05, 0) is 73.9 Å². The van der Waals surface area contributed by atoms with Crippen LogP contribution < -0.4 is 9.64 Å². The summed E-state index contributed by atoms with van der Waals surface area (Å²) < 4.78 is 11.6. The Morgan fingerprint density at radius 3 is 2.50 bits per heavy atom. The van der Waals surface area contributed by atoms with Gasteiger partial charge in [0.1, 0.15) is 29.1 Å². The number of ether oxygens (including phenoxy) is 1. The van der Waals surface area contributed by atoms with E-state index in [2.05, 4.69) is 13.8 Å². The number of benzene rings is 2. The minimum Gasteiger partial charge on any atom is -0.507 e. The van der Waals surface area contributed by atoms with Crippen molar-refractivity contribution in [3.63, 3.8) is 0 Å². The molecule has 1 aliphatic rings. The lowest BCUT2D eigenvalue weighted by Gasteiger charge is -2.23. The zero-order valence-corrected chi connectivity index (χ0v) is 20.2. The molecule has 6 nitrogen and oxygen atoms in total. The Hall–Kier alpha value is -3.51. The van der Waals surface area contributed by atoms with Gasteiger partial charge in [-0.15, -0.1) is 0 Å². The Morgan fingerprint density at radius 1 is 1.12 bits per heavy atom. The molecule has 1 fully saturated rings. The summed E-state index contributed by atoms with van der Waals surface area (Å²) in [6, 6.07) is 14.3. The average molecular weight is 480 g/mol. The molecule has 2 aromatic carbocycles. The van der Waals surface area contributed by atoms with Crippen molar-refractivity contribution < 1.29 is 23.8 Å². The number of rotatable bonds is 6. The number of halogens is 1. The summed E-state index contributed by atoms with van der Waals surface area (Å²) >= 11 is 6.16. The topological polar surface area (TPSA) is 80.0 Å². The molecule has 2 heterocycles. The summed E-state index contributed by atoms with van der Waals surface area (Å²) in [4.78, 5) is 27.7. The van der Waals surface area contributed by atoms with Gasteiger partial charge >= 0.3 is 0 Å². The zero-order chi connectivity index (χ0) is 24.6. The van der Waals surface area contributed by atoms with Gasteiger partial charge in [0.2, 0.25) is 0 Å². The SMILES string of the molecule is Cc1ccc(C2/C(=C(/O)c3ccc(OCC(C)C)c(C)c3)C(=O)C(=O)N2c2cccc(Cl)c2)o1. The predicted octanol–water partition coefficient (Wildman–Crippen LogP) is 6.21. The average Bonchev–Trinajstić information content (AvgIpc) is 3.33. The van der Waals surface area contributed by atoms with E-state index >= 15 is 0 Å². The van der Waals surface area contributed by atoms with Crippen molar-refractivity contribution in [2.45, 2.75) is 33.7 Å². The number of Topliss-reactive ketones (excluding diaryl/α,β-unsaturated/α-hetero) is 1. The molecule has 1 aliphatic heterocycles. The summed E-state index contributed by atoms with van der Waals surface area (Å²) in [6.45, 7) is 8.32. The summed E-state index contributed by atoms with van der Waals surface area (Å²) in [6.07, 6.45) is 0. The molecular formula is C27H26ClNO5. The van der Waals surface area contributed by atoms with Crippen LogP contribution in [0.25, 0.3) is 5.76 Å². The highest BCUT2D eigenvalue weighted by Gasteiger charge is 2.48. The molecule has 1 aromatic heterocycles. The third-order valence-corrected chi connectivity index (χ3v) is 5.82. The van der Waals surface area contributed by atoms with Gasteiger partial charge in [-0.2, -0.15) is 0 Å². The molecule has 1 N–H and O–H groups in total. The molecule has 0 saturated carbocycles. The van der Waals surface area contributed by atoms with Crippen molar-refractivity contribution in [2.24, 2.45) is 5.92 Å². The van der Waals surface area contributed by atoms with Crippen LogP contribution in [0.2, 0.25) is 5.02 Å². The predicted molar refractivity (Wildman–Crippen MR) is 131 cm³/mol. The second kappa shape index (κ2) is 9.39. The number of carbonyl (C=O) groups excluding carboxylic acids is 2. The number of amides is 1. The monoisotopic (exact) mass is 479 g/mol. The molecule has 4 rings (SSSR count). The first-order valence-electron chi connectivity index (χ1n) is 11.0. The third-order valence-electron chi connectivity index (χ3n) is 5.58. The normalized spacial score (nSPS) is 17.6. The zero-order valence-electron chi connectivity index (χ0n) is 19.5. The highest BCUT2D eigenvalue weighted by Crippen LogP contribution is 2.43. The molecule has 0 spiro atoms. The highest BCUT2D eigenvalue weighted by molar-refractivity contribution is 6.51. The number of furan rings is 1. The molecule has 7 heteroatoms. The van der Waals surface area contributed by atoms with Crippen LogP contribution in [0, 0.1) is 19.8 Å². The van der Waals surface area contributed by atoms with Crippen LogP contribution in [0.3, 0.4) is 0 Å². The van der Waals surface area contributed by atoms with Gasteiger partial charge in [-0.1, -0.05) is 31.5 Å². The van der Waals surface area contributed by atoms with Crippen molar-refractivity contribution in [3.05, 3.63) is 87.8 Å². The number of hydrogen-bond acceptors (Lipinski definition) is 5. The highest BCUT2D eigenvalue weighted by atomic mass is 35.5. The van der Waals surface area contributed by atoms with Crippen LogP contribution in [0.15, 0.2) is 64.6 Å². The number of aliphatic hydroxyl groups excluding tert-OH is 1. The number of carbonyl (C=O) groups is 2. The van der Waals surface area contributed by atoms with E-state index in [1.807, 2.05) is 6.92 Å². The Morgan fingerprint density at radius 2 is 1.88 bits per heavy atom. The molecule has 1 amide bonds. The largest absolute Gasteiger partial charge is 0.507 e. The van der Waals surface area contributed by atoms with Gasteiger partial charge in [0.15, 0.2) is 0 Å². The Balaban J connectivity index is 1.83. The molecule has 0 aliphatic carbocycles. The molecule has 34 heavy (non-hydrogen) atoms. The van der Waals surface area contributed by atoms with Crippen molar-refractivity contribution in [1.29, 1.82) is 0 Å². The molecule has 1 atom stereocenters. The lowest BCUT2D eigenvalue weighted by Crippen LogP contribution is -2.29. The fourth-order valence-electron chi connectivity index (χ4n) is 3.96. The lowest BCUT2D eigenvalue weighted by molar-refractivity contribution is -0.132. The molecule has 0 bridgehead atoms. The Kier molecular flexibility index (Phi) is 6.53. The quantitative estimate of drug-likeness (QED) is 0.258. The van der Waals surface area contributed by atoms with E-state index in [0.717, 1.165) is 5.56 Å². The molecule has 3 aromatic rings. The number of aliphatic hydroxyl groups is 1. The Labute approximate surface area is 203 Å². The maximum atomic E-state index is 13.2. The van der Waals surface area contributed by atoms with Crippen molar-refractivity contribution in [3.8, 4) is 5.75 Å². The first-order chi connectivity index (χ1) is 16.2. The van der Waals surface area contributed by atoms with Gasteiger partial charge in [0.05, 0.1) is 12.2 Å². The molecule has 1 unspecified atom stereocenters. The van der Waals surface area contributed by atoms with Crippen LogP contribution in [-0.4, -0.2) is 23.4 Å². The van der Waals surface area contributed by atoms with Gasteiger partial charge in [0, 0.05) is 16.3 Å². The van der Waals surface area contributed by atoms with Crippen LogP contribution in [0.1, 0.15) is 42.5 Å². The summed E-state index contributed by atoms with van der Waals surface area (Å²) in [7, 11) is 0. The van der Waals surface area contributed by atoms with E-state index in [1.54, 1.807) is 61.5 Å². The maximum Gasteiger partial charge on any atom is 0.300 e. The standard InChI is InChI=1S/C27H26ClNO5/c1-15(2)14-33-21-11-9-18(12-16(21)3)25(30)23-24(22-10-8-17(4)34-22)29(27(32)26(23)31)20-7-5-6-19(28)13-20/h5-13,15,24,30H,14H2,1-4H3/b25-23-. The maximum absolute atomic E-state index is 13.2. The fourth-order valence-corrected chi connectivity index (χ4v) is 4.15. The number of anilines is 1. The van der Waals surface area contributed by atoms with E-state index in [1.165, 1.54) is 4.90 Å². The smallest absolute Gasteiger partial charge is 0.300 e. The number of ketones is 1. The summed E-state index contributed by atoms with van der Waals surface area (Å²) in [5.41, 5.74) is 1.60. The first kappa shape index (κ1) is 23.6. The van der Waals surface area contributed by atoms with Gasteiger partial charge < -0.3 is 14.3 Å².